The maximum atomic E-state index is 5.68. The van der Waals surface area contributed by atoms with E-state index in [0.717, 1.165) is 31.6 Å². The zero-order valence-electron chi connectivity index (χ0n) is 10.1. The van der Waals surface area contributed by atoms with Gasteiger partial charge in [0.1, 0.15) is 0 Å². The van der Waals surface area contributed by atoms with Crippen LogP contribution in [-0.2, 0) is 4.74 Å². The molecule has 0 aliphatic carbocycles. The number of nitrogen functional groups attached to an aromatic ring is 1. The highest BCUT2D eigenvalue weighted by Gasteiger charge is 2.15. The SMILES string of the molecule is COc1cc(N)ccc1OCC[C@H]1CCCO1. The second-order valence-electron chi connectivity index (χ2n) is 4.18. The van der Waals surface area contributed by atoms with Gasteiger partial charge >= 0.3 is 0 Å². The van der Waals surface area contributed by atoms with Gasteiger partial charge in [0.25, 0.3) is 0 Å². The van der Waals surface area contributed by atoms with Gasteiger partial charge in [0.2, 0.25) is 0 Å². The number of methoxy groups -OCH3 is 1. The third-order valence-electron chi connectivity index (χ3n) is 2.91. The molecule has 2 N–H and O–H groups in total. The summed E-state index contributed by atoms with van der Waals surface area (Å²) in [6.07, 6.45) is 3.58. The largest absolute Gasteiger partial charge is 0.493 e. The van der Waals surface area contributed by atoms with E-state index in [1.54, 1.807) is 13.2 Å². The van der Waals surface area contributed by atoms with Crippen LogP contribution in [0.4, 0.5) is 5.69 Å². The van der Waals surface area contributed by atoms with Crippen molar-refractivity contribution in [3.05, 3.63) is 18.2 Å². The van der Waals surface area contributed by atoms with Crippen LogP contribution in [0, 0.1) is 0 Å². The van der Waals surface area contributed by atoms with Crippen LogP contribution < -0.4 is 15.2 Å². The lowest BCUT2D eigenvalue weighted by Crippen LogP contribution is -2.11. The first-order chi connectivity index (χ1) is 8.29. The molecule has 0 bridgehead atoms. The Bertz CT molecular complexity index is 362. The van der Waals surface area contributed by atoms with E-state index >= 15 is 0 Å². The van der Waals surface area contributed by atoms with Gasteiger partial charge in [-0.2, -0.15) is 0 Å². The van der Waals surface area contributed by atoms with E-state index in [9.17, 15) is 0 Å². The van der Waals surface area contributed by atoms with Crippen LogP contribution in [0.15, 0.2) is 18.2 Å². The summed E-state index contributed by atoms with van der Waals surface area (Å²) in [5.74, 6) is 1.41. The number of nitrogens with two attached hydrogens (primary N) is 1. The molecule has 1 atom stereocenters. The summed E-state index contributed by atoms with van der Waals surface area (Å²) in [6, 6.07) is 5.41. The Balaban J connectivity index is 1.85. The van der Waals surface area contributed by atoms with Crippen molar-refractivity contribution in [3.63, 3.8) is 0 Å². The summed E-state index contributed by atoms with van der Waals surface area (Å²) in [4.78, 5) is 0. The second kappa shape index (κ2) is 5.77. The maximum absolute atomic E-state index is 5.68. The number of rotatable bonds is 5. The summed E-state index contributed by atoms with van der Waals surface area (Å²) in [5.41, 5.74) is 6.35. The minimum absolute atomic E-state index is 0.356. The normalized spacial score (nSPS) is 19.2. The van der Waals surface area contributed by atoms with E-state index in [2.05, 4.69) is 0 Å². The molecule has 1 saturated heterocycles. The second-order valence-corrected chi connectivity index (χ2v) is 4.18. The van der Waals surface area contributed by atoms with E-state index in [-0.39, 0.29) is 0 Å². The highest BCUT2D eigenvalue weighted by atomic mass is 16.5. The topological polar surface area (TPSA) is 53.7 Å². The molecule has 0 amide bonds. The number of ether oxygens (including phenoxy) is 3. The molecule has 0 radical (unpaired) electrons. The van der Waals surface area contributed by atoms with Gasteiger partial charge in [-0.1, -0.05) is 0 Å². The summed E-state index contributed by atoms with van der Waals surface area (Å²) in [5, 5.41) is 0. The van der Waals surface area contributed by atoms with E-state index in [0.29, 0.717) is 24.1 Å². The summed E-state index contributed by atoms with van der Waals surface area (Å²) in [6.45, 7) is 1.53. The molecule has 1 aliphatic heterocycles. The zero-order valence-corrected chi connectivity index (χ0v) is 10.1. The Labute approximate surface area is 102 Å². The first-order valence-electron chi connectivity index (χ1n) is 5.97. The standard InChI is InChI=1S/C13H19NO3/c1-15-13-9-10(14)4-5-12(13)17-8-6-11-3-2-7-16-11/h4-5,9,11H,2-3,6-8,14H2,1H3/t11-/m1/s1. The van der Waals surface area contributed by atoms with Crippen LogP contribution >= 0.6 is 0 Å². The first kappa shape index (κ1) is 12.0. The molecule has 0 saturated carbocycles. The van der Waals surface area contributed by atoms with Crippen molar-refractivity contribution in [2.24, 2.45) is 0 Å². The number of benzene rings is 1. The van der Waals surface area contributed by atoms with E-state index < -0.39 is 0 Å². The van der Waals surface area contributed by atoms with Gasteiger partial charge in [0.05, 0.1) is 19.8 Å². The van der Waals surface area contributed by atoms with Crippen LogP contribution in [0.1, 0.15) is 19.3 Å². The van der Waals surface area contributed by atoms with Crippen molar-refractivity contribution >= 4 is 5.69 Å². The lowest BCUT2D eigenvalue weighted by molar-refractivity contribution is 0.0899. The Morgan fingerprint density at radius 3 is 3.00 bits per heavy atom. The third-order valence-corrected chi connectivity index (χ3v) is 2.91. The van der Waals surface area contributed by atoms with Gasteiger partial charge in [0, 0.05) is 24.8 Å². The summed E-state index contributed by atoms with van der Waals surface area (Å²) in [7, 11) is 1.61. The van der Waals surface area contributed by atoms with Crippen molar-refractivity contribution in [1.29, 1.82) is 0 Å². The Kier molecular flexibility index (Phi) is 4.09. The number of anilines is 1. The van der Waals surface area contributed by atoms with Gasteiger partial charge in [0.15, 0.2) is 11.5 Å². The van der Waals surface area contributed by atoms with Crippen molar-refractivity contribution in [3.8, 4) is 11.5 Å². The monoisotopic (exact) mass is 237 g/mol. The minimum atomic E-state index is 0.356. The zero-order chi connectivity index (χ0) is 12.1. The molecule has 2 rings (SSSR count). The molecule has 4 heteroatoms. The summed E-state index contributed by atoms with van der Waals surface area (Å²) >= 11 is 0. The molecule has 0 unspecified atom stereocenters. The average molecular weight is 237 g/mol. The maximum Gasteiger partial charge on any atom is 0.162 e. The van der Waals surface area contributed by atoms with Crippen LogP contribution in [0.2, 0.25) is 0 Å². The lowest BCUT2D eigenvalue weighted by atomic mass is 10.2. The molecular formula is C13H19NO3. The van der Waals surface area contributed by atoms with Gasteiger partial charge < -0.3 is 19.9 Å². The Morgan fingerprint density at radius 1 is 1.41 bits per heavy atom. The van der Waals surface area contributed by atoms with Crippen molar-refractivity contribution < 1.29 is 14.2 Å². The Morgan fingerprint density at radius 2 is 2.29 bits per heavy atom. The van der Waals surface area contributed by atoms with Gasteiger partial charge in [-0.3, -0.25) is 0 Å². The molecule has 1 aliphatic rings. The fourth-order valence-corrected chi connectivity index (χ4v) is 1.98. The van der Waals surface area contributed by atoms with Gasteiger partial charge in [-0.15, -0.1) is 0 Å². The fraction of sp³-hybridized carbons (Fsp3) is 0.538. The van der Waals surface area contributed by atoms with Crippen LogP contribution in [0.25, 0.3) is 0 Å². The Hall–Kier alpha value is -1.42. The van der Waals surface area contributed by atoms with Crippen molar-refractivity contribution in [2.45, 2.75) is 25.4 Å². The lowest BCUT2D eigenvalue weighted by Gasteiger charge is -2.13. The van der Waals surface area contributed by atoms with E-state index in [4.69, 9.17) is 19.9 Å². The number of hydrogen-bond donors (Lipinski definition) is 1. The third kappa shape index (κ3) is 3.27. The molecule has 4 nitrogen and oxygen atoms in total. The van der Waals surface area contributed by atoms with Crippen LogP contribution in [-0.4, -0.2) is 26.4 Å². The molecule has 0 aromatic heterocycles. The number of hydrogen-bond acceptors (Lipinski definition) is 4. The predicted octanol–water partition coefficient (Wildman–Crippen LogP) is 2.23. The van der Waals surface area contributed by atoms with E-state index in [1.807, 2.05) is 12.1 Å². The van der Waals surface area contributed by atoms with Crippen LogP contribution in [0.3, 0.4) is 0 Å². The molecule has 1 heterocycles. The van der Waals surface area contributed by atoms with Crippen molar-refractivity contribution in [1.82, 2.24) is 0 Å². The highest BCUT2D eigenvalue weighted by molar-refractivity contribution is 5.51. The highest BCUT2D eigenvalue weighted by Crippen LogP contribution is 2.29. The van der Waals surface area contributed by atoms with Crippen molar-refractivity contribution in [2.75, 3.05) is 26.1 Å². The minimum Gasteiger partial charge on any atom is -0.493 e. The van der Waals surface area contributed by atoms with E-state index in [1.165, 1.54) is 0 Å². The predicted molar refractivity (Wildman–Crippen MR) is 66.5 cm³/mol. The van der Waals surface area contributed by atoms with Gasteiger partial charge in [-0.05, 0) is 25.0 Å². The average Bonchev–Trinajstić information content (AvgIpc) is 2.84. The summed E-state index contributed by atoms with van der Waals surface area (Å²) < 4.78 is 16.4. The first-order valence-corrected chi connectivity index (χ1v) is 5.97. The molecule has 94 valence electrons. The molecule has 17 heavy (non-hydrogen) atoms. The van der Waals surface area contributed by atoms with Crippen LogP contribution in [0.5, 0.6) is 11.5 Å². The van der Waals surface area contributed by atoms with Gasteiger partial charge in [-0.25, -0.2) is 0 Å². The fourth-order valence-electron chi connectivity index (χ4n) is 1.98. The molecular weight excluding hydrogens is 218 g/mol. The molecule has 1 aromatic carbocycles. The molecule has 1 aromatic rings. The quantitative estimate of drug-likeness (QED) is 0.798. The smallest absolute Gasteiger partial charge is 0.162 e. The molecule has 0 spiro atoms. The molecule has 1 fully saturated rings.